The van der Waals surface area contributed by atoms with Gasteiger partial charge in [0.2, 0.25) is 0 Å². The van der Waals surface area contributed by atoms with Gasteiger partial charge in [0, 0.05) is 19.1 Å². The van der Waals surface area contributed by atoms with Crippen molar-refractivity contribution in [1.82, 2.24) is 4.90 Å². The molecule has 100 valence electrons. The zero-order valence-corrected chi connectivity index (χ0v) is 11.4. The third-order valence-corrected chi connectivity index (χ3v) is 3.91. The van der Waals surface area contributed by atoms with E-state index in [-0.39, 0.29) is 0 Å². The van der Waals surface area contributed by atoms with Gasteiger partial charge in [-0.15, -0.1) is 0 Å². The molecule has 2 atom stereocenters. The van der Waals surface area contributed by atoms with E-state index in [9.17, 15) is 0 Å². The number of nitrogens with two attached hydrogens (primary N) is 1. The molecule has 1 aliphatic rings. The van der Waals surface area contributed by atoms with Crippen LogP contribution in [-0.4, -0.2) is 37.7 Å². The Morgan fingerprint density at radius 2 is 2.28 bits per heavy atom. The second-order valence-corrected chi connectivity index (χ2v) is 5.33. The van der Waals surface area contributed by atoms with Crippen LogP contribution in [0.5, 0.6) is 5.75 Å². The number of rotatable bonds is 4. The van der Waals surface area contributed by atoms with Crippen LogP contribution in [-0.2, 0) is 6.42 Å². The highest BCUT2D eigenvalue weighted by atomic mass is 16.5. The van der Waals surface area contributed by atoms with Crippen molar-refractivity contribution in [2.45, 2.75) is 25.8 Å². The van der Waals surface area contributed by atoms with E-state index in [4.69, 9.17) is 10.5 Å². The third-order valence-electron chi connectivity index (χ3n) is 3.91. The summed E-state index contributed by atoms with van der Waals surface area (Å²) in [4.78, 5) is 2.52. The van der Waals surface area contributed by atoms with Gasteiger partial charge in [-0.2, -0.15) is 0 Å². The van der Waals surface area contributed by atoms with Gasteiger partial charge in [-0.25, -0.2) is 0 Å². The first-order chi connectivity index (χ1) is 8.69. The summed E-state index contributed by atoms with van der Waals surface area (Å²) < 4.78 is 5.25. The van der Waals surface area contributed by atoms with Crippen molar-refractivity contribution in [3.63, 3.8) is 0 Å². The van der Waals surface area contributed by atoms with Crippen molar-refractivity contribution in [2.75, 3.05) is 26.7 Å². The minimum absolute atomic E-state index is 0.387. The predicted molar refractivity (Wildman–Crippen MR) is 74.9 cm³/mol. The maximum absolute atomic E-state index is 6.04. The maximum Gasteiger partial charge on any atom is 0.119 e. The molecule has 1 aromatic carbocycles. The van der Waals surface area contributed by atoms with Crippen LogP contribution in [0.25, 0.3) is 0 Å². The van der Waals surface area contributed by atoms with E-state index in [1.54, 1.807) is 7.11 Å². The molecule has 3 heteroatoms. The number of nitrogens with zero attached hydrogens (tertiary/aromatic N) is 1. The van der Waals surface area contributed by atoms with Gasteiger partial charge in [-0.05, 0) is 43.0 Å². The van der Waals surface area contributed by atoms with E-state index in [0.717, 1.165) is 38.2 Å². The SMILES string of the molecule is COc1cccc(CCN2CCC(N)C(C)C2)c1. The van der Waals surface area contributed by atoms with Gasteiger partial charge in [0.05, 0.1) is 7.11 Å². The molecule has 1 aromatic rings. The van der Waals surface area contributed by atoms with Gasteiger partial charge < -0.3 is 15.4 Å². The van der Waals surface area contributed by atoms with Crippen LogP contribution in [0, 0.1) is 5.92 Å². The summed E-state index contributed by atoms with van der Waals surface area (Å²) in [6, 6.07) is 8.73. The van der Waals surface area contributed by atoms with Gasteiger partial charge in [0.25, 0.3) is 0 Å². The number of ether oxygens (including phenoxy) is 1. The Kier molecular flexibility index (Phi) is 4.61. The second-order valence-electron chi connectivity index (χ2n) is 5.33. The lowest BCUT2D eigenvalue weighted by atomic mass is 9.94. The normalized spacial score (nSPS) is 25.1. The molecule has 0 aliphatic carbocycles. The second kappa shape index (κ2) is 6.21. The van der Waals surface area contributed by atoms with Crippen LogP contribution in [0.2, 0.25) is 0 Å². The molecule has 0 bridgehead atoms. The topological polar surface area (TPSA) is 38.5 Å². The Bertz CT molecular complexity index is 381. The Labute approximate surface area is 110 Å². The van der Waals surface area contributed by atoms with Crippen LogP contribution in [0.1, 0.15) is 18.9 Å². The fourth-order valence-corrected chi connectivity index (χ4v) is 2.57. The summed E-state index contributed by atoms with van der Waals surface area (Å²) in [6.45, 7) is 5.63. The Morgan fingerprint density at radius 1 is 1.44 bits per heavy atom. The van der Waals surface area contributed by atoms with Crippen molar-refractivity contribution in [3.8, 4) is 5.75 Å². The molecule has 3 nitrogen and oxygen atoms in total. The van der Waals surface area contributed by atoms with E-state index in [0.29, 0.717) is 12.0 Å². The zero-order valence-electron chi connectivity index (χ0n) is 11.4. The Balaban J connectivity index is 1.84. The Hall–Kier alpha value is -1.06. The molecular weight excluding hydrogens is 224 g/mol. The number of likely N-dealkylation sites (tertiary alicyclic amines) is 1. The molecule has 0 saturated carbocycles. The van der Waals surface area contributed by atoms with Crippen molar-refractivity contribution in [1.29, 1.82) is 0 Å². The first kappa shape index (κ1) is 13.4. The minimum Gasteiger partial charge on any atom is -0.497 e. The van der Waals surface area contributed by atoms with Crippen molar-refractivity contribution < 1.29 is 4.74 Å². The van der Waals surface area contributed by atoms with E-state index in [1.165, 1.54) is 5.56 Å². The largest absolute Gasteiger partial charge is 0.497 e. The minimum atomic E-state index is 0.387. The van der Waals surface area contributed by atoms with Crippen LogP contribution in [0.3, 0.4) is 0 Å². The average Bonchev–Trinajstić information content (AvgIpc) is 2.40. The van der Waals surface area contributed by atoms with Gasteiger partial charge >= 0.3 is 0 Å². The van der Waals surface area contributed by atoms with Crippen LogP contribution < -0.4 is 10.5 Å². The highest BCUT2D eigenvalue weighted by molar-refractivity contribution is 5.28. The van der Waals surface area contributed by atoms with Crippen molar-refractivity contribution >= 4 is 0 Å². The lowest BCUT2D eigenvalue weighted by molar-refractivity contribution is 0.166. The molecule has 1 saturated heterocycles. The lowest BCUT2D eigenvalue weighted by Crippen LogP contribution is -2.46. The highest BCUT2D eigenvalue weighted by Gasteiger charge is 2.22. The average molecular weight is 248 g/mol. The molecule has 2 unspecified atom stereocenters. The summed E-state index contributed by atoms with van der Waals surface area (Å²) in [5.41, 5.74) is 7.39. The van der Waals surface area contributed by atoms with E-state index < -0.39 is 0 Å². The van der Waals surface area contributed by atoms with Gasteiger partial charge in [0.15, 0.2) is 0 Å². The van der Waals surface area contributed by atoms with Crippen molar-refractivity contribution in [2.24, 2.45) is 11.7 Å². The van der Waals surface area contributed by atoms with E-state index in [2.05, 4.69) is 30.0 Å². The van der Waals surface area contributed by atoms with Crippen LogP contribution in [0.4, 0.5) is 0 Å². The molecule has 2 rings (SSSR count). The molecular formula is C15H24N2O. The lowest BCUT2D eigenvalue weighted by Gasteiger charge is -2.35. The molecule has 2 N–H and O–H groups in total. The fraction of sp³-hybridized carbons (Fsp3) is 0.600. The van der Waals surface area contributed by atoms with Gasteiger partial charge in [0.1, 0.15) is 5.75 Å². The summed E-state index contributed by atoms with van der Waals surface area (Å²) in [7, 11) is 1.72. The monoisotopic (exact) mass is 248 g/mol. The predicted octanol–water partition coefficient (Wildman–Crippen LogP) is 1.91. The molecule has 1 aliphatic heterocycles. The highest BCUT2D eigenvalue weighted by Crippen LogP contribution is 2.17. The summed E-state index contributed by atoms with van der Waals surface area (Å²) in [6.07, 6.45) is 2.21. The molecule has 0 aromatic heterocycles. The standard InChI is InChI=1S/C15H24N2O/c1-12-11-17(9-7-15(12)16)8-6-13-4-3-5-14(10-13)18-2/h3-5,10,12,15H,6-9,11,16H2,1-2H3. The first-order valence-corrected chi connectivity index (χ1v) is 6.80. The smallest absolute Gasteiger partial charge is 0.119 e. The number of hydrogen-bond acceptors (Lipinski definition) is 3. The molecule has 1 fully saturated rings. The fourth-order valence-electron chi connectivity index (χ4n) is 2.57. The van der Waals surface area contributed by atoms with E-state index >= 15 is 0 Å². The quantitative estimate of drug-likeness (QED) is 0.884. The zero-order chi connectivity index (χ0) is 13.0. The first-order valence-electron chi connectivity index (χ1n) is 6.80. The van der Waals surface area contributed by atoms with E-state index in [1.807, 2.05) is 6.07 Å². The van der Waals surface area contributed by atoms with Gasteiger partial charge in [-0.1, -0.05) is 19.1 Å². The number of benzene rings is 1. The Morgan fingerprint density at radius 3 is 3.00 bits per heavy atom. The third kappa shape index (κ3) is 3.47. The number of methoxy groups -OCH3 is 1. The van der Waals surface area contributed by atoms with Crippen molar-refractivity contribution in [3.05, 3.63) is 29.8 Å². The molecule has 0 radical (unpaired) electrons. The summed E-state index contributed by atoms with van der Waals surface area (Å²) in [5.74, 6) is 1.56. The molecule has 1 heterocycles. The maximum atomic E-state index is 6.04. The molecule has 0 spiro atoms. The number of hydrogen-bond donors (Lipinski definition) is 1. The van der Waals surface area contributed by atoms with Gasteiger partial charge in [-0.3, -0.25) is 0 Å². The van der Waals surface area contributed by atoms with Crippen LogP contribution >= 0.6 is 0 Å². The van der Waals surface area contributed by atoms with Crippen LogP contribution in [0.15, 0.2) is 24.3 Å². The summed E-state index contributed by atoms with van der Waals surface area (Å²) in [5, 5.41) is 0. The molecule has 18 heavy (non-hydrogen) atoms. The number of piperidine rings is 1. The molecule has 0 amide bonds. The summed E-state index contributed by atoms with van der Waals surface area (Å²) >= 11 is 0.